The van der Waals surface area contributed by atoms with Gasteiger partial charge in [-0.2, -0.15) is 0 Å². The SMILES string of the molecule is O=C(CC1CC1)N1CCN(Cc2ccnc(Cc3nc4ccc(-c5ccncn5)cc4[nH]3)c2)CC1. The largest absolute Gasteiger partial charge is 0.342 e. The summed E-state index contributed by atoms with van der Waals surface area (Å²) in [6, 6.07) is 12.3. The molecule has 1 aliphatic carbocycles. The van der Waals surface area contributed by atoms with Crippen molar-refractivity contribution in [2.24, 2.45) is 5.92 Å². The molecule has 2 aliphatic rings. The van der Waals surface area contributed by atoms with Crippen molar-refractivity contribution < 1.29 is 4.79 Å². The number of H-pyrrole nitrogens is 1. The van der Waals surface area contributed by atoms with Crippen LogP contribution < -0.4 is 0 Å². The van der Waals surface area contributed by atoms with Crippen LogP contribution in [-0.2, 0) is 17.8 Å². The molecule has 8 nitrogen and oxygen atoms in total. The molecule has 2 fully saturated rings. The van der Waals surface area contributed by atoms with Crippen molar-refractivity contribution in [2.45, 2.75) is 32.2 Å². The first kappa shape index (κ1) is 21.9. The lowest BCUT2D eigenvalue weighted by Crippen LogP contribution is -2.48. The van der Waals surface area contributed by atoms with Gasteiger partial charge in [0.1, 0.15) is 12.2 Å². The highest BCUT2D eigenvalue weighted by atomic mass is 16.2. The van der Waals surface area contributed by atoms with Crippen LogP contribution >= 0.6 is 0 Å². The van der Waals surface area contributed by atoms with Crippen LogP contribution in [0.5, 0.6) is 0 Å². The molecule has 6 rings (SSSR count). The van der Waals surface area contributed by atoms with E-state index in [-0.39, 0.29) is 0 Å². The van der Waals surface area contributed by atoms with E-state index in [0.29, 0.717) is 18.2 Å². The van der Waals surface area contributed by atoms with Gasteiger partial charge in [-0.05, 0) is 54.7 Å². The van der Waals surface area contributed by atoms with E-state index in [0.717, 1.165) is 73.0 Å². The summed E-state index contributed by atoms with van der Waals surface area (Å²) >= 11 is 0. The summed E-state index contributed by atoms with van der Waals surface area (Å²) in [5.41, 5.74) is 6.08. The second-order valence-corrected chi connectivity index (χ2v) is 9.65. The van der Waals surface area contributed by atoms with E-state index in [9.17, 15) is 4.79 Å². The Bertz CT molecular complexity index is 1320. The standard InChI is InChI=1S/C27H29N7O/c35-27(14-19-1-2-19)34-11-9-33(10-12-34)17-20-5-8-29-22(13-20)16-26-31-24-4-3-21(15-25(24)32-26)23-6-7-28-18-30-23/h3-8,13,15,18-19H,1-2,9-12,14,16-17H2,(H,31,32). The molecule has 1 aromatic carbocycles. The van der Waals surface area contributed by atoms with Gasteiger partial charge in [0, 0.05) is 69.2 Å². The maximum Gasteiger partial charge on any atom is 0.222 e. The highest BCUT2D eigenvalue weighted by molar-refractivity contribution is 5.81. The van der Waals surface area contributed by atoms with Crippen LogP contribution in [0.25, 0.3) is 22.3 Å². The minimum atomic E-state index is 0.341. The number of rotatable bonds is 7. The van der Waals surface area contributed by atoms with Crippen LogP contribution in [0.2, 0.25) is 0 Å². The van der Waals surface area contributed by atoms with Crippen LogP contribution in [-0.4, -0.2) is 66.8 Å². The predicted octanol–water partition coefficient (Wildman–Crippen LogP) is 3.45. The van der Waals surface area contributed by atoms with Gasteiger partial charge in [0.25, 0.3) is 0 Å². The fourth-order valence-electron chi connectivity index (χ4n) is 4.77. The maximum atomic E-state index is 12.4. The van der Waals surface area contributed by atoms with Crippen molar-refractivity contribution in [1.82, 2.24) is 34.7 Å². The van der Waals surface area contributed by atoms with Crippen molar-refractivity contribution in [3.8, 4) is 11.3 Å². The maximum absolute atomic E-state index is 12.4. The van der Waals surface area contributed by atoms with Crippen LogP contribution in [0, 0.1) is 5.92 Å². The Kier molecular flexibility index (Phi) is 5.96. The smallest absolute Gasteiger partial charge is 0.222 e. The highest BCUT2D eigenvalue weighted by Gasteiger charge is 2.28. The molecule has 0 atom stereocenters. The van der Waals surface area contributed by atoms with Crippen LogP contribution in [0.15, 0.2) is 55.1 Å². The van der Waals surface area contributed by atoms with E-state index in [1.165, 1.54) is 18.4 Å². The summed E-state index contributed by atoms with van der Waals surface area (Å²) in [6.45, 7) is 4.39. The van der Waals surface area contributed by atoms with E-state index in [2.05, 4.69) is 43.0 Å². The number of nitrogens with one attached hydrogen (secondary N) is 1. The summed E-state index contributed by atoms with van der Waals surface area (Å²) < 4.78 is 0. The van der Waals surface area contributed by atoms with Crippen LogP contribution in [0.1, 0.15) is 36.3 Å². The minimum Gasteiger partial charge on any atom is -0.342 e. The number of hydrogen-bond acceptors (Lipinski definition) is 6. The van der Waals surface area contributed by atoms with Crippen LogP contribution in [0.4, 0.5) is 0 Å². The zero-order valence-corrected chi connectivity index (χ0v) is 19.7. The average Bonchev–Trinajstić information content (AvgIpc) is 3.61. The molecule has 178 valence electrons. The van der Waals surface area contributed by atoms with Crippen LogP contribution in [0.3, 0.4) is 0 Å². The number of piperazine rings is 1. The Hall–Kier alpha value is -3.65. The van der Waals surface area contributed by atoms with Gasteiger partial charge in [0.15, 0.2) is 0 Å². The van der Waals surface area contributed by atoms with E-state index in [1.54, 1.807) is 12.5 Å². The molecular weight excluding hydrogens is 438 g/mol. The third-order valence-electron chi connectivity index (χ3n) is 6.93. The van der Waals surface area contributed by atoms with E-state index in [4.69, 9.17) is 4.98 Å². The molecule has 1 amide bonds. The quantitative estimate of drug-likeness (QED) is 0.448. The Morgan fingerprint density at radius 1 is 1.00 bits per heavy atom. The molecule has 35 heavy (non-hydrogen) atoms. The number of aromatic nitrogens is 5. The molecule has 0 unspecified atom stereocenters. The van der Waals surface area contributed by atoms with Crippen molar-refractivity contribution in [3.63, 3.8) is 0 Å². The summed E-state index contributed by atoms with van der Waals surface area (Å²) in [6.07, 6.45) is 9.05. The lowest BCUT2D eigenvalue weighted by atomic mass is 10.1. The number of fused-ring (bicyclic) bond motifs is 1. The number of benzene rings is 1. The number of nitrogens with zero attached hydrogens (tertiary/aromatic N) is 6. The Balaban J connectivity index is 1.08. The second-order valence-electron chi connectivity index (χ2n) is 9.65. The number of pyridine rings is 1. The van der Waals surface area contributed by atoms with Crippen molar-refractivity contribution in [2.75, 3.05) is 26.2 Å². The van der Waals surface area contributed by atoms with Crippen molar-refractivity contribution >= 4 is 16.9 Å². The first-order valence-electron chi connectivity index (χ1n) is 12.4. The summed E-state index contributed by atoms with van der Waals surface area (Å²) in [5, 5.41) is 0. The molecule has 8 heteroatoms. The van der Waals surface area contributed by atoms with Gasteiger partial charge in [0.2, 0.25) is 5.91 Å². The molecule has 4 heterocycles. The molecule has 3 aromatic heterocycles. The Labute approximate surface area is 204 Å². The monoisotopic (exact) mass is 467 g/mol. The van der Waals surface area contributed by atoms with Gasteiger partial charge in [-0.3, -0.25) is 14.7 Å². The normalized spacial score (nSPS) is 16.6. The zero-order chi connectivity index (χ0) is 23.6. The molecule has 0 spiro atoms. The Morgan fingerprint density at radius 2 is 1.89 bits per heavy atom. The van der Waals surface area contributed by atoms with Crippen molar-refractivity contribution in [1.29, 1.82) is 0 Å². The summed E-state index contributed by atoms with van der Waals surface area (Å²) in [7, 11) is 0. The first-order chi connectivity index (χ1) is 17.2. The molecule has 1 saturated heterocycles. The third-order valence-corrected chi connectivity index (χ3v) is 6.93. The second kappa shape index (κ2) is 9.54. The number of hydrogen-bond donors (Lipinski definition) is 1. The molecule has 4 aromatic rings. The summed E-state index contributed by atoms with van der Waals surface area (Å²) in [5.74, 6) is 1.89. The van der Waals surface area contributed by atoms with Gasteiger partial charge >= 0.3 is 0 Å². The van der Waals surface area contributed by atoms with E-state index >= 15 is 0 Å². The lowest BCUT2D eigenvalue weighted by Gasteiger charge is -2.35. The fourth-order valence-corrected chi connectivity index (χ4v) is 4.77. The van der Waals surface area contributed by atoms with Gasteiger partial charge in [0.05, 0.1) is 16.7 Å². The lowest BCUT2D eigenvalue weighted by molar-refractivity contribution is -0.133. The number of carbonyl (C=O) groups is 1. The predicted molar refractivity (Wildman–Crippen MR) is 133 cm³/mol. The highest BCUT2D eigenvalue weighted by Crippen LogP contribution is 2.33. The number of carbonyl (C=O) groups excluding carboxylic acids is 1. The molecular formula is C27H29N7O. The van der Waals surface area contributed by atoms with E-state index < -0.39 is 0 Å². The minimum absolute atomic E-state index is 0.341. The van der Waals surface area contributed by atoms with Crippen molar-refractivity contribution in [3.05, 3.63) is 72.2 Å². The first-order valence-corrected chi connectivity index (χ1v) is 12.4. The number of amides is 1. The molecule has 1 N–H and O–H groups in total. The summed E-state index contributed by atoms with van der Waals surface area (Å²) in [4.78, 5) is 38.0. The molecule has 0 radical (unpaired) electrons. The Morgan fingerprint density at radius 3 is 2.69 bits per heavy atom. The molecule has 1 saturated carbocycles. The van der Waals surface area contributed by atoms with E-state index in [1.807, 2.05) is 29.3 Å². The number of aromatic amines is 1. The average molecular weight is 468 g/mol. The van der Waals surface area contributed by atoms with Gasteiger partial charge in [-0.25, -0.2) is 15.0 Å². The topological polar surface area (TPSA) is 90.9 Å². The van der Waals surface area contributed by atoms with Gasteiger partial charge < -0.3 is 9.88 Å². The third kappa shape index (κ3) is 5.22. The van der Waals surface area contributed by atoms with Gasteiger partial charge in [-0.1, -0.05) is 6.07 Å². The zero-order valence-electron chi connectivity index (χ0n) is 19.7. The molecule has 1 aliphatic heterocycles. The molecule has 0 bridgehead atoms. The fraction of sp³-hybridized carbons (Fsp3) is 0.370. The number of imidazole rings is 1. The van der Waals surface area contributed by atoms with Gasteiger partial charge in [-0.15, -0.1) is 0 Å².